The second kappa shape index (κ2) is 8.10. The largest absolute Gasteiger partial charge is 0.484 e. The van der Waals surface area contributed by atoms with Gasteiger partial charge in [0.25, 0.3) is 5.91 Å². The number of carboxylic acid groups (broad SMARTS) is 1. The van der Waals surface area contributed by atoms with Crippen LogP contribution in [0.3, 0.4) is 0 Å². The Bertz CT molecular complexity index is 416. The average molecular weight is 267 g/mol. The van der Waals surface area contributed by atoms with Gasteiger partial charge in [-0.15, -0.1) is 0 Å². The zero-order valence-corrected chi connectivity index (χ0v) is 10.7. The molecule has 0 bridgehead atoms. The van der Waals surface area contributed by atoms with Gasteiger partial charge in [-0.25, -0.2) is 0 Å². The van der Waals surface area contributed by atoms with Gasteiger partial charge in [0.05, 0.1) is 13.0 Å². The van der Waals surface area contributed by atoms with Crippen molar-refractivity contribution >= 4 is 11.9 Å². The minimum atomic E-state index is -0.883. The Morgan fingerprint density at radius 3 is 2.53 bits per heavy atom. The first-order valence-electron chi connectivity index (χ1n) is 5.81. The van der Waals surface area contributed by atoms with Gasteiger partial charge >= 0.3 is 5.97 Å². The van der Waals surface area contributed by atoms with Gasteiger partial charge < -0.3 is 19.9 Å². The van der Waals surface area contributed by atoms with Gasteiger partial charge in [-0.05, 0) is 17.7 Å². The predicted octanol–water partition coefficient (Wildman–Crippen LogP) is 0.455. The Morgan fingerprint density at radius 2 is 1.95 bits per heavy atom. The number of aliphatic carboxylic acids is 1. The van der Waals surface area contributed by atoms with Crippen molar-refractivity contribution in [3.05, 3.63) is 29.8 Å². The first kappa shape index (κ1) is 15.0. The Hall–Kier alpha value is -2.08. The van der Waals surface area contributed by atoms with Crippen molar-refractivity contribution < 1.29 is 24.2 Å². The van der Waals surface area contributed by atoms with E-state index < -0.39 is 5.97 Å². The topological polar surface area (TPSA) is 84.9 Å². The molecule has 0 aliphatic carbocycles. The third kappa shape index (κ3) is 6.42. The molecule has 0 saturated heterocycles. The fraction of sp³-hybridized carbons (Fsp3) is 0.385. The lowest BCUT2D eigenvalue weighted by molar-refractivity contribution is -0.136. The zero-order valence-electron chi connectivity index (χ0n) is 10.7. The number of hydrogen-bond acceptors (Lipinski definition) is 4. The summed E-state index contributed by atoms with van der Waals surface area (Å²) in [4.78, 5) is 21.8. The molecule has 0 fully saturated rings. The first-order valence-corrected chi connectivity index (χ1v) is 5.81. The fourth-order valence-corrected chi connectivity index (χ4v) is 1.37. The highest BCUT2D eigenvalue weighted by molar-refractivity contribution is 5.77. The van der Waals surface area contributed by atoms with E-state index in [9.17, 15) is 9.59 Å². The normalized spacial score (nSPS) is 9.95. The van der Waals surface area contributed by atoms with Crippen molar-refractivity contribution in [2.24, 2.45) is 0 Å². The molecule has 0 aliphatic heterocycles. The Labute approximate surface area is 111 Å². The third-order valence-electron chi connectivity index (χ3n) is 2.28. The van der Waals surface area contributed by atoms with Crippen LogP contribution in [-0.4, -0.2) is 43.9 Å². The number of benzene rings is 1. The highest BCUT2D eigenvalue weighted by Crippen LogP contribution is 2.12. The van der Waals surface area contributed by atoms with E-state index >= 15 is 0 Å². The molecule has 1 aromatic rings. The second-order valence-corrected chi connectivity index (χ2v) is 3.85. The molecule has 0 atom stereocenters. The number of carbonyl (C=O) groups excluding carboxylic acids is 1. The number of rotatable bonds is 8. The molecular formula is C13H17NO5. The predicted molar refractivity (Wildman–Crippen MR) is 68.2 cm³/mol. The lowest BCUT2D eigenvalue weighted by atomic mass is 10.1. The fourth-order valence-electron chi connectivity index (χ4n) is 1.37. The van der Waals surface area contributed by atoms with E-state index in [0.717, 1.165) is 0 Å². The summed E-state index contributed by atoms with van der Waals surface area (Å²) >= 11 is 0. The molecule has 0 saturated carbocycles. The van der Waals surface area contributed by atoms with Gasteiger partial charge in [-0.3, -0.25) is 9.59 Å². The Balaban J connectivity index is 2.33. The minimum Gasteiger partial charge on any atom is -0.484 e. The van der Waals surface area contributed by atoms with Crippen LogP contribution in [-0.2, 0) is 20.7 Å². The summed E-state index contributed by atoms with van der Waals surface area (Å²) in [6.07, 6.45) is -0.0300. The molecule has 2 N–H and O–H groups in total. The van der Waals surface area contributed by atoms with E-state index in [1.54, 1.807) is 31.4 Å². The molecule has 0 heterocycles. The number of carbonyl (C=O) groups is 2. The average Bonchev–Trinajstić information content (AvgIpc) is 2.37. The first-order chi connectivity index (χ1) is 9.11. The molecule has 19 heavy (non-hydrogen) atoms. The number of ether oxygens (including phenoxy) is 2. The maximum Gasteiger partial charge on any atom is 0.307 e. The molecule has 104 valence electrons. The van der Waals surface area contributed by atoms with Crippen LogP contribution in [0, 0.1) is 0 Å². The van der Waals surface area contributed by atoms with Crippen LogP contribution in [0.15, 0.2) is 24.3 Å². The van der Waals surface area contributed by atoms with Crippen molar-refractivity contribution in [2.45, 2.75) is 6.42 Å². The van der Waals surface area contributed by atoms with E-state index in [2.05, 4.69) is 5.32 Å². The summed E-state index contributed by atoms with van der Waals surface area (Å²) in [5.41, 5.74) is 0.685. The number of nitrogens with one attached hydrogen (secondary N) is 1. The summed E-state index contributed by atoms with van der Waals surface area (Å²) in [6.45, 7) is 0.813. The third-order valence-corrected chi connectivity index (χ3v) is 2.28. The second-order valence-electron chi connectivity index (χ2n) is 3.85. The molecular weight excluding hydrogens is 250 g/mol. The lowest BCUT2D eigenvalue weighted by Gasteiger charge is -2.07. The van der Waals surface area contributed by atoms with Crippen LogP contribution in [0.5, 0.6) is 5.75 Å². The highest BCUT2D eigenvalue weighted by Gasteiger charge is 2.03. The quantitative estimate of drug-likeness (QED) is 0.668. The van der Waals surface area contributed by atoms with Crippen LogP contribution in [0.2, 0.25) is 0 Å². The van der Waals surface area contributed by atoms with Crippen molar-refractivity contribution in [3.63, 3.8) is 0 Å². The van der Waals surface area contributed by atoms with Gasteiger partial charge in [0.15, 0.2) is 6.61 Å². The smallest absolute Gasteiger partial charge is 0.307 e. The number of amides is 1. The maximum atomic E-state index is 11.3. The summed E-state index contributed by atoms with van der Waals surface area (Å²) < 4.78 is 10.1. The summed E-state index contributed by atoms with van der Waals surface area (Å²) in [7, 11) is 1.56. The van der Waals surface area contributed by atoms with Crippen LogP contribution in [0.25, 0.3) is 0 Å². The molecule has 0 radical (unpaired) electrons. The van der Waals surface area contributed by atoms with E-state index in [-0.39, 0.29) is 18.9 Å². The van der Waals surface area contributed by atoms with Crippen LogP contribution in [0.1, 0.15) is 5.56 Å². The van der Waals surface area contributed by atoms with Crippen LogP contribution >= 0.6 is 0 Å². The minimum absolute atomic E-state index is 0.0300. The van der Waals surface area contributed by atoms with E-state index in [1.165, 1.54) is 0 Å². The highest BCUT2D eigenvalue weighted by atomic mass is 16.5. The zero-order chi connectivity index (χ0) is 14.1. The molecule has 0 aromatic heterocycles. The van der Waals surface area contributed by atoms with Gasteiger partial charge in [0.2, 0.25) is 0 Å². The van der Waals surface area contributed by atoms with Gasteiger partial charge in [0.1, 0.15) is 5.75 Å². The number of carboxylic acids is 1. The molecule has 0 unspecified atom stereocenters. The summed E-state index contributed by atoms with van der Waals surface area (Å²) in [5, 5.41) is 11.2. The van der Waals surface area contributed by atoms with E-state index in [4.69, 9.17) is 14.6 Å². The van der Waals surface area contributed by atoms with Crippen LogP contribution in [0.4, 0.5) is 0 Å². The van der Waals surface area contributed by atoms with Crippen molar-refractivity contribution in [2.75, 3.05) is 26.9 Å². The Kier molecular flexibility index (Phi) is 6.38. The molecule has 0 spiro atoms. The molecule has 6 nitrogen and oxygen atoms in total. The molecule has 1 amide bonds. The summed E-state index contributed by atoms with van der Waals surface area (Å²) in [6, 6.07) is 6.60. The molecule has 1 aromatic carbocycles. The number of methoxy groups -OCH3 is 1. The SMILES string of the molecule is COCCNC(=O)COc1ccc(CC(=O)O)cc1. The van der Waals surface area contributed by atoms with Gasteiger partial charge in [0, 0.05) is 13.7 Å². The standard InChI is InChI=1S/C13H17NO5/c1-18-7-6-14-12(15)9-19-11-4-2-10(3-5-11)8-13(16)17/h2-5H,6-9H2,1H3,(H,14,15)(H,16,17). The van der Waals surface area contributed by atoms with Crippen molar-refractivity contribution in [1.82, 2.24) is 5.32 Å². The summed E-state index contributed by atoms with van der Waals surface area (Å²) in [5.74, 6) is -0.589. The van der Waals surface area contributed by atoms with E-state index in [1.807, 2.05) is 0 Å². The monoisotopic (exact) mass is 267 g/mol. The van der Waals surface area contributed by atoms with Crippen LogP contribution < -0.4 is 10.1 Å². The van der Waals surface area contributed by atoms with Crippen molar-refractivity contribution in [1.29, 1.82) is 0 Å². The lowest BCUT2D eigenvalue weighted by Crippen LogP contribution is -2.31. The van der Waals surface area contributed by atoms with Gasteiger partial charge in [-0.1, -0.05) is 12.1 Å². The molecule has 1 rings (SSSR count). The number of hydrogen-bond donors (Lipinski definition) is 2. The molecule has 0 aliphatic rings. The Morgan fingerprint density at radius 1 is 1.26 bits per heavy atom. The van der Waals surface area contributed by atoms with Gasteiger partial charge in [-0.2, -0.15) is 0 Å². The molecule has 6 heteroatoms. The van der Waals surface area contributed by atoms with E-state index in [0.29, 0.717) is 24.5 Å². The van der Waals surface area contributed by atoms with Crippen molar-refractivity contribution in [3.8, 4) is 5.75 Å². The maximum absolute atomic E-state index is 11.3.